The summed E-state index contributed by atoms with van der Waals surface area (Å²) >= 11 is 0. The summed E-state index contributed by atoms with van der Waals surface area (Å²) in [5, 5.41) is 3.37. The van der Waals surface area contributed by atoms with Crippen molar-refractivity contribution in [3.05, 3.63) is 35.9 Å². The Bertz CT molecular complexity index is 609. The topological polar surface area (TPSA) is 52.7 Å². The minimum atomic E-state index is -3.31. The van der Waals surface area contributed by atoms with Gasteiger partial charge < -0.3 is 10.2 Å². The highest BCUT2D eigenvalue weighted by molar-refractivity contribution is 7.88. The van der Waals surface area contributed by atoms with Gasteiger partial charge in [0.05, 0.1) is 5.75 Å². The fraction of sp³-hybridized carbons (Fsp3) is 0.684. The zero-order chi connectivity index (χ0) is 17.5. The maximum absolute atomic E-state index is 13.2. The van der Waals surface area contributed by atoms with Gasteiger partial charge >= 0.3 is 0 Å². The van der Waals surface area contributed by atoms with Gasteiger partial charge in [0.1, 0.15) is 0 Å². The minimum Gasteiger partial charge on any atom is -0.315 e. The molecule has 1 unspecified atom stereocenters. The fourth-order valence-electron chi connectivity index (χ4n) is 3.92. The van der Waals surface area contributed by atoms with Gasteiger partial charge in [-0.15, -0.1) is 0 Å². The Morgan fingerprint density at radius 3 is 2.52 bits per heavy atom. The second-order valence-electron chi connectivity index (χ2n) is 7.26. The number of sulfonamides is 1. The summed E-state index contributed by atoms with van der Waals surface area (Å²) in [5.74, 6) is 0.102. The molecular formula is C19H31N3O2S. The van der Waals surface area contributed by atoms with Crippen LogP contribution < -0.4 is 5.32 Å². The molecule has 25 heavy (non-hydrogen) atoms. The molecule has 0 amide bonds. The highest BCUT2D eigenvalue weighted by Gasteiger charge is 2.31. The van der Waals surface area contributed by atoms with Gasteiger partial charge in [-0.05, 0) is 50.9 Å². The molecule has 2 aliphatic rings. The van der Waals surface area contributed by atoms with E-state index in [9.17, 15) is 8.42 Å². The van der Waals surface area contributed by atoms with E-state index >= 15 is 0 Å². The zero-order valence-electron chi connectivity index (χ0n) is 15.1. The van der Waals surface area contributed by atoms with Crippen molar-refractivity contribution in [1.29, 1.82) is 0 Å². The highest BCUT2D eigenvalue weighted by Crippen LogP contribution is 2.19. The molecule has 5 nitrogen and oxygen atoms in total. The van der Waals surface area contributed by atoms with Gasteiger partial charge in [0, 0.05) is 25.7 Å². The van der Waals surface area contributed by atoms with E-state index in [4.69, 9.17) is 0 Å². The Morgan fingerprint density at radius 2 is 1.84 bits per heavy atom. The van der Waals surface area contributed by atoms with Crippen LogP contribution in [0.4, 0.5) is 0 Å². The van der Waals surface area contributed by atoms with Crippen LogP contribution in [0.5, 0.6) is 0 Å². The molecule has 3 rings (SSSR count). The SMILES string of the molecule is O=S(=O)(Cc1ccccc1)N(CCN1CCCCC1)C1CCCNC1. The van der Waals surface area contributed by atoms with E-state index < -0.39 is 10.0 Å². The molecule has 1 atom stereocenters. The van der Waals surface area contributed by atoms with E-state index in [1.54, 1.807) is 4.31 Å². The number of hydrogen-bond acceptors (Lipinski definition) is 4. The van der Waals surface area contributed by atoms with E-state index in [-0.39, 0.29) is 11.8 Å². The first-order valence-corrected chi connectivity index (χ1v) is 11.2. The first kappa shape index (κ1) is 18.8. The second kappa shape index (κ2) is 9.12. The Balaban J connectivity index is 1.69. The minimum absolute atomic E-state index is 0.0900. The number of hydrogen-bond donors (Lipinski definition) is 1. The molecule has 1 aromatic carbocycles. The van der Waals surface area contributed by atoms with Crippen LogP contribution in [-0.4, -0.2) is 62.9 Å². The van der Waals surface area contributed by atoms with Crippen molar-refractivity contribution < 1.29 is 8.42 Å². The average Bonchev–Trinajstić information content (AvgIpc) is 2.64. The van der Waals surface area contributed by atoms with Gasteiger partial charge in [0.2, 0.25) is 10.0 Å². The van der Waals surface area contributed by atoms with E-state index in [2.05, 4.69) is 10.2 Å². The Labute approximate surface area is 152 Å². The third-order valence-corrected chi connectivity index (χ3v) is 7.21. The lowest BCUT2D eigenvalue weighted by Gasteiger charge is -2.36. The number of nitrogens with zero attached hydrogens (tertiary/aromatic N) is 2. The first-order valence-electron chi connectivity index (χ1n) is 9.62. The van der Waals surface area contributed by atoms with Crippen LogP contribution in [0.2, 0.25) is 0 Å². The van der Waals surface area contributed by atoms with Crippen molar-refractivity contribution >= 4 is 10.0 Å². The molecule has 1 aromatic rings. The number of rotatable bonds is 7. The van der Waals surface area contributed by atoms with E-state index in [1.807, 2.05) is 30.3 Å². The number of nitrogens with one attached hydrogen (secondary N) is 1. The maximum Gasteiger partial charge on any atom is 0.218 e. The normalized spacial score (nSPS) is 23.0. The monoisotopic (exact) mass is 365 g/mol. The van der Waals surface area contributed by atoms with Crippen molar-refractivity contribution in [3.8, 4) is 0 Å². The summed E-state index contributed by atoms with van der Waals surface area (Å²) in [6, 6.07) is 9.64. The van der Waals surface area contributed by atoms with Crippen molar-refractivity contribution in [2.45, 2.75) is 43.9 Å². The summed E-state index contributed by atoms with van der Waals surface area (Å²) in [4.78, 5) is 2.42. The van der Waals surface area contributed by atoms with Gasteiger partial charge in [-0.1, -0.05) is 36.8 Å². The summed E-state index contributed by atoms with van der Waals surface area (Å²) in [5.41, 5.74) is 0.870. The van der Waals surface area contributed by atoms with Crippen LogP contribution in [0.15, 0.2) is 30.3 Å². The molecule has 6 heteroatoms. The average molecular weight is 366 g/mol. The molecule has 0 aliphatic carbocycles. The smallest absolute Gasteiger partial charge is 0.218 e. The lowest BCUT2D eigenvalue weighted by Crippen LogP contribution is -2.51. The van der Waals surface area contributed by atoms with Crippen LogP contribution in [0.1, 0.15) is 37.7 Å². The van der Waals surface area contributed by atoms with Crippen molar-refractivity contribution in [2.24, 2.45) is 0 Å². The molecule has 140 valence electrons. The Morgan fingerprint density at radius 1 is 1.08 bits per heavy atom. The highest BCUT2D eigenvalue weighted by atomic mass is 32.2. The zero-order valence-corrected chi connectivity index (χ0v) is 15.9. The summed E-state index contributed by atoms with van der Waals surface area (Å²) in [6.45, 7) is 5.44. The standard InChI is InChI=1S/C19H31N3O2S/c23-25(24,17-18-8-3-1-4-9-18)22(19-10-7-11-20-16-19)15-14-21-12-5-2-6-13-21/h1,3-4,8-9,19-20H,2,5-7,10-17H2. The lowest BCUT2D eigenvalue weighted by molar-refractivity contribution is 0.189. The molecular weight excluding hydrogens is 334 g/mol. The van der Waals surface area contributed by atoms with Gasteiger partial charge in [0.15, 0.2) is 0 Å². The quantitative estimate of drug-likeness (QED) is 0.804. The lowest BCUT2D eigenvalue weighted by atomic mass is 10.1. The van der Waals surface area contributed by atoms with E-state index in [0.29, 0.717) is 6.54 Å². The van der Waals surface area contributed by atoms with Crippen LogP contribution >= 0.6 is 0 Å². The predicted molar refractivity (Wildman–Crippen MR) is 102 cm³/mol. The van der Waals surface area contributed by atoms with Gasteiger partial charge in [-0.3, -0.25) is 0 Å². The molecule has 0 bridgehead atoms. The number of likely N-dealkylation sites (tertiary alicyclic amines) is 1. The summed E-state index contributed by atoms with van der Waals surface area (Å²) in [7, 11) is -3.31. The molecule has 2 aliphatic heterocycles. The van der Waals surface area contributed by atoms with Crippen LogP contribution in [-0.2, 0) is 15.8 Å². The molecule has 0 saturated carbocycles. The molecule has 0 aromatic heterocycles. The Hall–Kier alpha value is -0.950. The van der Waals surface area contributed by atoms with Gasteiger partial charge in [-0.25, -0.2) is 8.42 Å². The van der Waals surface area contributed by atoms with Crippen LogP contribution in [0.3, 0.4) is 0 Å². The Kier molecular flexibility index (Phi) is 6.87. The number of benzene rings is 1. The maximum atomic E-state index is 13.2. The molecule has 0 radical (unpaired) electrons. The van der Waals surface area contributed by atoms with Gasteiger partial charge in [-0.2, -0.15) is 4.31 Å². The van der Waals surface area contributed by atoms with E-state index in [1.165, 1.54) is 19.3 Å². The molecule has 2 saturated heterocycles. The summed E-state index contributed by atoms with van der Waals surface area (Å²) in [6.07, 6.45) is 5.79. The third kappa shape index (κ3) is 5.51. The molecule has 2 heterocycles. The first-order chi connectivity index (χ1) is 12.1. The second-order valence-corrected chi connectivity index (χ2v) is 9.18. The number of piperidine rings is 2. The van der Waals surface area contributed by atoms with Crippen LogP contribution in [0, 0.1) is 0 Å². The fourth-order valence-corrected chi connectivity index (χ4v) is 5.69. The molecule has 0 spiro atoms. The van der Waals surface area contributed by atoms with E-state index in [0.717, 1.165) is 51.1 Å². The largest absolute Gasteiger partial charge is 0.315 e. The van der Waals surface area contributed by atoms with Crippen molar-refractivity contribution in [2.75, 3.05) is 39.3 Å². The molecule has 2 fully saturated rings. The molecule has 1 N–H and O–H groups in total. The predicted octanol–water partition coefficient (Wildman–Crippen LogP) is 2.06. The third-order valence-electron chi connectivity index (χ3n) is 5.31. The van der Waals surface area contributed by atoms with Gasteiger partial charge in [0.25, 0.3) is 0 Å². The van der Waals surface area contributed by atoms with Crippen LogP contribution in [0.25, 0.3) is 0 Å². The summed E-state index contributed by atoms with van der Waals surface area (Å²) < 4.78 is 28.1. The van der Waals surface area contributed by atoms with Crippen molar-refractivity contribution in [1.82, 2.24) is 14.5 Å². The van der Waals surface area contributed by atoms with Crippen molar-refractivity contribution in [3.63, 3.8) is 0 Å².